The quantitative estimate of drug-likeness (QED) is 0.836. The van der Waals surface area contributed by atoms with Crippen molar-refractivity contribution < 1.29 is 8.42 Å². The largest absolute Gasteiger partial charge is 0.317 e. The highest BCUT2D eigenvalue weighted by Crippen LogP contribution is 2.19. The van der Waals surface area contributed by atoms with Crippen molar-refractivity contribution in [1.82, 2.24) is 9.62 Å². The zero-order chi connectivity index (χ0) is 15.1. The van der Waals surface area contributed by atoms with Gasteiger partial charge in [0.15, 0.2) is 0 Å². The van der Waals surface area contributed by atoms with Gasteiger partial charge in [0.1, 0.15) is 0 Å². The smallest absolute Gasteiger partial charge is 0.214 e. The van der Waals surface area contributed by atoms with E-state index in [1.54, 1.807) is 4.31 Å². The molecule has 0 aliphatic carbocycles. The van der Waals surface area contributed by atoms with Crippen LogP contribution in [0.2, 0.25) is 0 Å². The van der Waals surface area contributed by atoms with Crippen molar-refractivity contribution in [3.63, 3.8) is 0 Å². The van der Waals surface area contributed by atoms with Gasteiger partial charge in [-0.15, -0.1) is 0 Å². The Bertz CT molecular complexity index is 508. The summed E-state index contributed by atoms with van der Waals surface area (Å²) in [5, 5.41) is 3.35. The summed E-state index contributed by atoms with van der Waals surface area (Å²) in [6.45, 7) is 5.44. The number of sulfonamides is 1. The molecule has 4 nitrogen and oxygen atoms in total. The molecular formula is C16H26N2O2S. The first kappa shape index (κ1) is 16.5. The molecule has 1 aliphatic rings. The van der Waals surface area contributed by atoms with Crippen molar-refractivity contribution in [2.75, 3.05) is 31.9 Å². The standard InChI is InChI=1S/C16H26N2O2S/c1-2-17-14-16-8-11-18(12-9-16)21(19,20)13-10-15-6-4-3-5-7-15/h3-7,16-17H,2,8-14H2,1H3. The second-order valence-corrected chi connectivity index (χ2v) is 7.79. The SMILES string of the molecule is CCNCC1CCN(S(=O)(=O)CCc2ccccc2)CC1. The van der Waals surface area contributed by atoms with Crippen LogP contribution in [0.5, 0.6) is 0 Å². The Labute approximate surface area is 128 Å². The summed E-state index contributed by atoms with van der Waals surface area (Å²) in [6.07, 6.45) is 2.54. The predicted molar refractivity (Wildman–Crippen MR) is 86.8 cm³/mol. The highest BCUT2D eigenvalue weighted by molar-refractivity contribution is 7.89. The fourth-order valence-corrected chi connectivity index (χ4v) is 4.28. The molecule has 1 aromatic carbocycles. The van der Waals surface area contributed by atoms with E-state index in [0.29, 0.717) is 25.4 Å². The molecule has 0 saturated carbocycles. The second-order valence-electron chi connectivity index (χ2n) is 5.70. The molecule has 1 aliphatic heterocycles. The molecule has 21 heavy (non-hydrogen) atoms. The summed E-state index contributed by atoms with van der Waals surface area (Å²) in [5.41, 5.74) is 1.09. The fraction of sp³-hybridized carbons (Fsp3) is 0.625. The van der Waals surface area contributed by atoms with Crippen LogP contribution in [0.3, 0.4) is 0 Å². The minimum atomic E-state index is -3.11. The van der Waals surface area contributed by atoms with Gasteiger partial charge in [-0.25, -0.2) is 12.7 Å². The Morgan fingerprint density at radius 3 is 2.48 bits per heavy atom. The Hall–Kier alpha value is -0.910. The van der Waals surface area contributed by atoms with Crippen LogP contribution in [0.4, 0.5) is 0 Å². The Morgan fingerprint density at radius 2 is 1.86 bits per heavy atom. The topological polar surface area (TPSA) is 49.4 Å². The average molecular weight is 310 g/mol. The summed E-state index contributed by atoms with van der Waals surface area (Å²) in [6, 6.07) is 9.83. The van der Waals surface area contributed by atoms with Gasteiger partial charge in [-0.1, -0.05) is 37.3 Å². The van der Waals surface area contributed by atoms with Crippen molar-refractivity contribution in [2.45, 2.75) is 26.2 Å². The van der Waals surface area contributed by atoms with Crippen molar-refractivity contribution in [2.24, 2.45) is 5.92 Å². The monoisotopic (exact) mass is 310 g/mol. The summed E-state index contributed by atoms with van der Waals surface area (Å²) in [5.74, 6) is 0.833. The van der Waals surface area contributed by atoms with Gasteiger partial charge in [0, 0.05) is 13.1 Å². The third-order valence-corrected chi connectivity index (χ3v) is 6.01. The number of aryl methyl sites for hydroxylation is 1. The van der Waals surface area contributed by atoms with Crippen LogP contribution in [0.25, 0.3) is 0 Å². The van der Waals surface area contributed by atoms with E-state index in [1.807, 2.05) is 30.3 Å². The van der Waals surface area contributed by atoms with Gasteiger partial charge < -0.3 is 5.32 Å². The highest BCUT2D eigenvalue weighted by Gasteiger charge is 2.27. The molecule has 1 saturated heterocycles. The summed E-state index contributed by atoms with van der Waals surface area (Å²) < 4.78 is 26.5. The lowest BCUT2D eigenvalue weighted by molar-refractivity contribution is 0.268. The van der Waals surface area contributed by atoms with Crippen LogP contribution in [0.1, 0.15) is 25.3 Å². The van der Waals surface area contributed by atoms with Crippen LogP contribution in [-0.4, -0.2) is 44.7 Å². The number of hydrogen-bond donors (Lipinski definition) is 1. The minimum absolute atomic E-state index is 0.217. The van der Waals surface area contributed by atoms with Gasteiger partial charge in [0.05, 0.1) is 5.75 Å². The molecule has 0 radical (unpaired) electrons. The molecule has 0 bridgehead atoms. The molecule has 0 aromatic heterocycles. The normalized spacial score (nSPS) is 18.0. The summed E-state index contributed by atoms with van der Waals surface area (Å²) in [7, 11) is -3.11. The van der Waals surface area contributed by atoms with Crippen molar-refractivity contribution in [1.29, 1.82) is 0 Å². The van der Waals surface area contributed by atoms with Crippen LogP contribution in [0.15, 0.2) is 30.3 Å². The molecule has 1 N–H and O–H groups in total. The number of benzene rings is 1. The van der Waals surface area contributed by atoms with Crippen molar-refractivity contribution >= 4 is 10.0 Å². The maximum atomic E-state index is 12.4. The zero-order valence-electron chi connectivity index (χ0n) is 12.8. The number of nitrogens with one attached hydrogen (secondary N) is 1. The van der Waals surface area contributed by atoms with Gasteiger partial charge in [0.25, 0.3) is 0 Å². The highest BCUT2D eigenvalue weighted by atomic mass is 32.2. The van der Waals surface area contributed by atoms with Gasteiger partial charge in [-0.05, 0) is 43.8 Å². The molecule has 5 heteroatoms. The first-order valence-electron chi connectivity index (χ1n) is 7.84. The van der Waals surface area contributed by atoms with Crippen LogP contribution in [0, 0.1) is 5.92 Å². The molecule has 1 heterocycles. The molecule has 1 fully saturated rings. The Morgan fingerprint density at radius 1 is 1.19 bits per heavy atom. The Kier molecular flexibility index (Phi) is 6.21. The summed E-state index contributed by atoms with van der Waals surface area (Å²) >= 11 is 0. The van der Waals surface area contributed by atoms with Crippen LogP contribution >= 0.6 is 0 Å². The maximum Gasteiger partial charge on any atom is 0.214 e. The molecule has 0 amide bonds. The molecule has 1 aromatic rings. The average Bonchev–Trinajstić information content (AvgIpc) is 2.52. The molecule has 0 spiro atoms. The maximum absolute atomic E-state index is 12.4. The van der Waals surface area contributed by atoms with E-state index in [-0.39, 0.29) is 5.75 Å². The lowest BCUT2D eigenvalue weighted by atomic mass is 9.98. The van der Waals surface area contributed by atoms with Gasteiger partial charge in [-0.3, -0.25) is 0 Å². The number of nitrogens with zero attached hydrogens (tertiary/aromatic N) is 1. The van der Waals surface area contributed by atoms with Crippen LogP contribution in [-0.2, 0) is 16.4 Å². The molecular weight excluding hydrogens is 284 g/mol. The van der Waals surface area contributed by atoms with Gasteiger partial charge in [0.2, 0.25) is 10.0 Å². The summed E-state index contributed by atoms with van der Waals surface area (Å²) in [4.78, 5) is 0. The predicted octanol–water partition coefficient (Wildman–Crippen LogP) is 1.88. The second kappa shape index (κ2) is 7.92. The molecule has 2 rings (SSSR count). The number of hydrogen-bond acceptors (Lipinski definition) is 3. The van der Waals surface area contributed by atoms with Gasteiger partial charge in [-0.2, -0.15) is 0 Å². The minimum Gasteiger partial charge on any atom is -0.317 e. The van der Waals surface area contributed by atoms with Crippen LogP contribution < -0.4 is 5.32 Å². The van der Waals surface area contributed by atoms with E-state index in [9.17, 15) is 8.42 Å². The van der Waals surface area contributed by atoms with E-state index >= 15 is 0 Å². The molecule has 0 unspecified atom stereocenters. The fourth-order valence-electron chi connectivity index (χ4n) is 2.76. The van der Waals surface area contributed by atoms with Crippen molar-refractivity contribution in [3.8, 4) is 0 Å². The van der Waals surface area contributed by atoms with Gasteiger partial charge >= 0.3 is 0 Å². The number of piperidine rings is 1. The number of rotatable bonds is 7. The first-order chi connectivity index (χ1) is 10.1. The van der Waals surface area contributed by atoms with E-state index in [2.05, 4.69) is 12.2 Å². The lowest BCUT2D eigenvalue weighted by Gasteiger charge is -2.31. The first-order valence-corrected chi connectivity index (χ1v) is 9.45. The lowest BCUT2D eigenvalue weighted by Crippen LogP contribution is -2.42. The third kappa shape index (κ3) is 5.09. The third-order valence-electron chi connectivity index (χ3n) is 4.14. The van der Waals surface area contributed by atoms with E-state index in [1.165, 1.54) is 0 Å². The zero-order valence-corrected chi connectivity index (χ0v) is 13.6. The Balaban J connectivity index is 1.81. The molecule has 0 atom stereocenters. The van der Waals surface area contributed by atoms with Crippen molar-refractivity contribution in [3.05, 3.63) is 35.9 Å². The van der Waals surface area contributed by atoms with E-state index in [4.69, 9.17) is 0 Å². The molecule has 118 valence electrons. The van der Waals surface area contributed by atoms with E-state index < -0.39 is 10.0 Å². The van der Waals surface area contributed by atoms with E-state index in [0.717, 1.165) is 31.5 Å².